The van der Waals surface area contributed by atoms with Crippen LogP contribution in [0.1, 0.15) is 25.2 Å². The lowest BCUT2D eigenvalue weighted by atomic mass is 10.1. The van der Waals surface area contributed by atoms with Crippen molar-refractivity contribution in [2.45, 2.75) is 31.7 Å². The molecule has 2 aromatic rings. The van der Waals surface area contributed by atoms with Crippen LogP contribution in [0.3, 0.4) is 0 Å². The Bertz CT molecular complexity index is 617. The second kappa shape index (κ2) is 10.2. The number of halogens is 2. The molecule has 1 unspecified atom stereocenters. The van der Waals surface area contributed by atoms with Crippen molar-refractivity contribution in [3.8, 4) is 11.5 Å². The molecule has 0 bridgehead atoms. The van der Waals surface area contributed by atoms with Gasteiger partial charge in [-0.2, -0.15) is 4.98 Å². The molecule has 1 amide bonds. The van der Waals surface area contributed by atoms with Gasteiger partial charge in [-0.1, -0.05) is 11.2 Å². The fourth-order valence-electron chi connectivity index (χ4n) is 2.45. The Hall–Kier alpha value is -1.70. The molecule has 2 aromatic heterocycles. The van der Waals surface area contributed by atoms with Gasteiger partial charge in [0.15, 0.2) is 0 Å². The predicted octanol–water partition coefficient (Wildman–Crippen LogP) is 1.78. The van der Waals surface area contributed by atoms with Crippen molar-refractivity contribution in [3.63, 3.8) is 0 Å². The first-order valence-corrected chi connectivity index (χ1v) is 7.55. The largest absolute Gasteiger partial charge is 0.352 e. The summed E-state index contributed by atoms with van der Waals surface area (Å²) >= 11 is 0. The highest BCUT2D eigenvalue weighted by atomic mass is 35.5. The number of nitrogens with one attached hydrogen (secondary N) is 2. The molecule has 1 atom stereocenters. The highest BCUT2D eigenvalue weighted by Gasteiger charge is 2.16. The molecule has 7 nitrogen and oxygen atoms in total. The Morgan fingerprint density at radius 1 is 1.38 bits per heavy atom. The highest BCUT2D eigenvalue weighted by molar-refractivity contribution is 5.85. The van der Waals surface area contributed by atoms with Crippen LogP contribution in [0.5, 0.6) is 0 Å². The average Bonchev–Trinajstić information content (AvgIpc) is 3.04. The monoisotopic (exact) mass is 373 g/mol. The number of rotatable bonds is 5. The summed E-state index contributed by atoms with van der Waals surface area (Å²) in [6.07, 6.45) is 4.59. The van der Waals surface area contributed by atoms with Crippen molar-refractivity contribution < 1.29 is 9.32 Å². The smallest absolute Gasteiger partial charge is 0.227 e. The molecule has 1 saturated heterocycles. The number of hydrogen-bond acceptors (Lipinski definition) is 6. The quantitative estimate of drug-likeness (QED) is 0.829. The van der Waals surface area contributed by atoms with Crippen LogP contribution in [0.2, 0.25) is 0 Å². The van der Waals surface area contributed by atoms with E-state index in [0.717, 1.165) is 25.9 Å². The molecule has 24 heavy (non-hydrogen) atoms. The number of hydrogen-bond donors (Lipinski definition) is 2. The fraction of sp³-hybridized carbons (Fsp3) is 0.467. The number of amides is 1. The third-order valence-corrected chi connectivity index (χ3v) is 3.59. The molecule has 0 spiro atoms. The maximum atomic E-state index is 11.9. The van der Waals surface area contributed by atoms with E-state index in [2.05, 4.69) is 25.8 Å². The molecular weight excluding hydrogens is 353 g/mol. The second-order valence-corrected chi connectivity index (χ2v) is 5.34. The topological polar surface area (TPSA) is 92.9 Å². The van der Waals surface area contributed by atoms with Gasteiger partial charge in [-0.05, 0) is 31.5 Å². The molecule has 3 heterocycles. The SMILES string of the molecule is Cl.Cl.O=C(CCc1nc(-c2ccccn2)no1)NC1CCCNC1. The number of piperidine rings is 1. The third kappa shape index (κ3) is 5.74. The molecule has 132 valence electrons. The number of aryl methyl sites for hydroxylation is 1. The van der Waals surface area contributed by atoms with Crippen LogP contribution >= 0.6 is 24.8 Å². The van der Waals surface area contributed by atoms with E-state index < -0.39 is 0 Å². The molecular formula is C15H21Cl2N5O2. The molecule has 2 N–H and O–H groups in total. The summed E-state index contributed by atoms with van der Waals surface area (Å²) in [7, 11) is 0. The van der Waals surface area contributed by atoms with E-state index in [4.69, 9.17) is 4.52 Å². The van der Waals surface area contributed by atoms with E-state index in [1.54, 1.807) is 6.20 Å². The first-order chi connectivity index (χ1) is 10.8. The highest BCUT2D eigenvalue weighted by Crippen LogP contribution is 2.12. The van der Waals surface area contributed by atoms with E-state index in [1.807, 2.05) is 18.2 Å². The van der Waals surface area contributed by atoms with Crippen molar-refractivity contribution in [3.05, 3.63) is 30.3 Å². The number of carbonyl (C=O) groups excluding carboxylic acids is 1. The summed E-state index contributed by atoms with van der Waals surface area (Å²) in [4.78, 5) is 20.4. The zero-order valence-electron chi connectivity index (χ0n) is 13.1. The molecule has 1 aliphatic rings. The normalized spacial score (nSPS) is 16.6. The lowest BCUT2D eigenvalue weighted by Gasteiger charge is -2.23. The van der Waals surface area contributed by atoms with Crippen molar-refractivity contribution in [2.24, 2.45) is 0 Å². The Balaban J connectivity index is 0.00000144. The van der Waals surface area contributed by atoms with Crippen LogP contribution in [0.4, 0.5) is 0 Å². The molecule has 1 fully saturated rings. The van der Waals surface area contributed by atoms with Gasteiger partial charge < -0.3 is 15.2 Å². The number of pyridine rings is 1. The van der Waals surface area contributed by atoms with Gasteiger partial charge in [-0.15, -0.1) is 24.8 Å². The van der Waals surface area contributed by atoms with Crippen LogP contribution in [0.25, 0.3) is 11.5 Å². The summed E-state index contributed by atoms with van der Waals surface area (Å²) in [6, 6.07) is 5.74. The van der Waals surface area contributed by atoms with Crippen LogP contribution in [-0.2, 0) is 11.2 Å². The minimum Gasteiger partial charge on any atom is -0.352 e. The summed E-state index contributed by atoms with van der Waals surface area (Å²) < 4.78 is 5.17. The standard InChI is InChI=1S/C15H19N5O2.2ClH/c21-13(18-11-4-3-8-16-10-11)6-7-14-19-15(20-22-14)12-5-1-2-9-17-12;;/h1-2,5,9,11,16H,3-4,6-8,10H2,(H,18,21);2*1H. The van der Waals surface area contributed by atoms with E-state index in [9.17, 15) is 4.79 Å². The zero-order chi connectivity index (χ0) is 15.2. The van der Waals surface area contributed by atoms with Crippen molar-refractivity contribution in [1.29, 1.82) is 0 Å². The average molecular weight is 374 g/mol. The van der Waals surface area contributed by atoms with Gasteiger partial charge in [0.05, 0.1) is 0 Å². The summed E-state index contributed by atoms with van der Waals surface area (Å²) in [5.74, 6) is 0.927. The van der Waals surface area contributed by atoms with Crippen molar-refractivity contribution in [2.75, 3.05) is 13.1 Å². The zero-order valence-corrected chi connectivity index (χ0v) is 14.7. The van der Waals surface area contributed by atoms with Gasteiger partial charge in [0, 0.05) is 31.6 Å². The maximum Gasteiger partial charge on any atom is 0.227 e. The number of carbonyl (C=O) groups is 1. The fourth-order valence-corrected chi connectivity index (χ4v) is 2.45. The van der Waals surface area contributed by atoms with Gasteiger partial charge in [-0.3, -0.25) is 9.78 Å². The molecule has 1 aliphatic heterocycles. The van der Waals surface area contributed by atoms with Gasteiger partial charge in [0.25, 0.3) is 0 Å². The van der Waals surface area contributed by atoms with Crippen molar-refractivity contribution >= 4 is 30.7 Å². The van der Waals surface area contributed by atoms with Gasteiger partial charge in [0.1, 0.15) is 5.69 Å². The summed E-state index contributed by atoms with van der Waals surface area (Å²) in [5, 5.41) is 10.2. The van der Waals surface area contributed by atoms with Crippen LogP contribution in [-0.4, -0.2) is 40.2 Å². The minimum atomic E-state index is 0. The number of nitrogens with zero attached hydrogens (tertiary/aromatic N) is 3. The first kappa shape index (κ1) is 20.3. The minimum absolute atomic E-state index is 0. The van der Waals surface area contributed by atoms with Crippen LogP contribution in [0.15, 0.2) is 28.9 Å². The Morgan fingerprint density at radius 2 is 2.25 bits per heavy atom. The third-order valence-electron chi connectivity index (χ3n) is 3.59. The lowest BCUT2D eigenvalue weighted by molar-refractivity contribution is -0.121. The van der Waals surface area contributed by atoms with E-state index in [0.29, 0.717) is 30.3 Å². The molecule has 3 rings (SSSR count). The summed E-state index contributed by atoms with van der Waals surface area (Å²) in [6.45, 7) is 1.88. The lowest BCUT2D eigenvalue weighted by Crippen LogP contribution is -2.45. The van der Waals surface area contributed by atoms with Gasteiger partial charge >= 0.3 is 0 Å². The molecule has 0 saturated carbocycles. The molecule has 9 heteroatoms. The van der Waals surface area contributed by atoms with Crippen LogP contribution < -0.4 is 10.6 Å². The maximum absolute atomic E-state index is 11.9. The van der Waals surface area contributed by atoms with Crippen molar-refractivity contribution in [1.82, 2.24) is 25.8 Å². The Kier molecular flexibility index (Phi) is 8.67. The molecule has 0 aromatic carbocycles. The molecule has 0 radical (unpaired) electrons. The van der Waals surface area contributed by atoms with E-state index in [1.165, 1.54) is 0 Å². The predicted molar refractivity (Wildman–Crippen MR) is 94.4 cm³/mol. The van der Waals surface area contributed by atoms with E-state index >= 15 is 0 Å². The summed E-state index contributed by atoms with van der Waals surface area (Å²) in [5.41, 5.74) is 0.662. The Morgan fingerprint density at radius 3 is 2.96 bits per heavy atom. The Labute approximate surface area is 152 Å². The second-order valence-electron chi connectivity index (χ2n) is 5.34. The van der Waals surface area contributed by atoms with Crippen LogP contribution in [0, 0.1) is 0 Å². The first-order valence-electron chi connectivity index (χ1n) is 7.55. The van der Waals surface area contributed by atoms with E-state index in [-0.39, 0.29) is 36.8 Å². The van der Waals surface area contributed by atoms with Gasteiger partial charge in [-0.25, -0.2) is 0 Å². The number of aromatic nitrogens is 3. The molecule has 0 aliphatic carbocycles. The van der Waals surface area contributed by atoms with Gasteiger partial charge in [0.2, 0.25) is 17.6 Å².